The minimum absolute atomic E-state index is 0.0261. The molecule has 0 atom stereocenters. The van der Waals surface area contributed by atoms with Crippen molar-refractivity contribution in [2.45, 2.75) is 27.2 Å². The molecule has 0 saturated heterocycles. The van der Waals surface area contributed by atoms with E-state index in [4.69, 9.17) is 0 Å². The first kappa shape index (κ1) is 20.1. The number of carbonyl (C=O) groups excluding carboxylic acids is 2. The van der Waals surface area contributed by atoms with Crippen LogP contribution >= 0.6 is 11.3 Å². The average Bonchev–Trinajstić information content (AvgIpc) is 3.01. The van der Waals surface area contributed by atoms with Gasteiger partial charge in [0, 0.05) is 17.5 Å². The normalized spacial score (nSPS) is 11.4. The molecule has 0 aliphatic heterocycles. The summed E-state index contributed by atoms with van der Waals surface area (Å²) < 4.78 is 0. The Labute approximate surface area is 158 Å². The van der Waals surface area contributed by atoms with Crippen LogP contribution in [0.25, 0.3) is 0 Å². The molecule has 0 radical (unpaired) electrons. The van der Waals surface area contributed by atoms with Gasteiger partial charge in [0.05, 0.1) is 17.6 Å². The fraction of sp³-hybridized carbons (Fsp3) is 0.312. The van der Waals surface area contributed by atoms with Gasteiger partial charge in [-0.15, -0.1) is 10.2 Å². The molecule has 2 amide bonds. The summed E-state index contributed by atoms with van der Waals surface area (Å²) >= 11 is 1.11. The van der Waals surface area contributed by atoms with Crippen molar-refractivity contribution in [3.63, 3.8) is 0 Å². The summed E-state index contributed by atoms with van der Waals surface area (Å²) in [6.45, 7) is 5.34. The third-order valence-corrected chi connectivity index (χ3v) is 4.03. The molecule has 0 bridgehead atoms. The molecule has 10 nitrogen and oxygen atoms in total. The second-order valence-electron chi connectivity index (χ2n) is 6.52. The Kier molecular flexibility index (Phi) is 6.29. The van der Waals surface area contributed by atoms with E-state index in [0.717, 1.165) is 11.3 Å². The first-order valence-corrected chi connectivity index (χ1v) is 8.67. The van der Waals surface area contributed by atoms with Crippen LogP contribution in [0.2, 0.25) is 0 Å². The van der Waals surface area contributed by atoms with Gasteiger partial charge in [-0.2, -0.15) is 5.10 Å². The van der Waals surface area contributed by atoms with Crippen LogP contribution in [-0.2, 0) is 16.0 Å². The summed E-state index contributed by atoms with van der Waals surface area (Å²) in [5, 5.41) is 25.5. The van der Waals surface area contributed by atoms with Gasteiger partial charge in [-0.25, -0.2) is 5.43 Å². The SMILES string of the molecule is CC(C)(C)C(=O)Nc1nnc(CC(=O)N/N=C\c2ccc([N+](=O)[O-])cc2)s1. The van der Waals surface area contributed by atoms with E-state index in [2.05, 4.69) is 26.0 Å². The third kappa shape index (κ3) is 6.22. The fourth-order valence-electron chi connectivity index (χ4n) is 1.70. The average molecular weight is 390 g/mol. The minimum Gasteiger partial charge on any atom is -0.300 e. The molecule has 0 spiro atoms. The minimum atomic E-state index is -0.560. The molecule has 0 fully saturated rings. The summed E-state index contributed by atoms with van der Waals surface area (Å²) in [6, 6.07) is 5.72. The Morgan fingerprint density at radius 3 is 2.52 bits per heavy atom. The van der Waals surface area contributed by atoms with E-state index in [9.17, 15) is 19.7 Å². The molecule has 1 heterocycles. The van der Waals surface area contributed by atoms with Gasteiger partial charge in [-0.1, -0.05) is 32.1 Å². The number of nitro groups is 1. The van der Waals surface area contributed by atoms with Crippen LogP contribution in [0.3, 0.4) is 0 Å². The molecule has 0 saturated carbocycles. The summed E-state index contributed by atoms with van der Waals surface area (Å²) in [6.07, 6.45) is 1.33. The first-order chi connectivity index (χ1) is 12.6. The lowest BCUT2D eigenvalue weighted by Crippen LogP contribution is -2.27. The lowest BCUT2D eigenvalue weighted by Gasteiger charge is -2.15. The van der Waals surface area contributed by atoms with Crippen molar-refractivity contribution < 1.29 is 14.5 Å². The molecular weight excluding hydrogens is 372 g/mol. The van der Waals surface area contributed by atoms with Crippen molar-refractivity contribution in [2.24, 2.45) is 10.5 Å². The predicted octanol–water partition coefficient (Wildman–Crippen LogP) is 2.12. The molecule has 2 aromatic rings. The monoisotopic (exact) mass is 390 g/mol. The van der Waals surface area contributed by atoms with Gasteiger partial charge in [0.15, 0.2) is 0 Å². The van der Waals surface area contributed by atoms with Crippen molar-refractivity contribution >= 4 is 40.2 Å². The number of hydrogen-bond donors (Lipinski definition) is 2. The number of aromatic nitrogens is 2. The lowest BCUT2D eigenvalue weighted by molar-refractivity contribution is -0.384. The maximum atomic E-state index is 11.9. The highest BCUT2D eigenvalue weighted by Gasteiger charge is 2.22. The topological polar surface area (TPSA) is 139 Å². The van der Waals surface area contributed by atoms with Crippen molar-refractivity contribution in [3.8, 4) is 0 Å². The van der Waals surface area contributed by atoms with E-state index < -0.39 is 16.2 Å². The first-order valence-electron chi connectivity index (χ1n) is 7.85. The zero-order valence-electron chi connectivity index (χ0n) is 14.9. The van der Waals surface area contributed by atoms with Crippen LogP contribution in [0.1, 0.15) is 31.3 Å². The maximum absolute atomic E-state index is 11.9. The molecule has 1 aromatic carbocycles. The smallest absolute Gasteiger partial charge is 0.269 e. The van der Waals surface area contributed by atoms with Crippen molar-refractivity contribution in [2.75, 3.05) is 5.32 Å². The third-order valence-electron chi connectivity index (χ3n) is 3.19. The number of nitrogens with zero attached hydrogens (tertiary/aromatic N) is 4. The summed E-state index contributed by atoms with van der Waals surface area (Å²) in [5.74, 6) is -0.597. The zero-order chi connectivity index (χ0) is 20.0. The lowest BCUT2D eigenvalue weighted by atomic mass is 9.96. The van der Waals surface area contributed by atoms with E-state index >= 15 is 0 Å². The van der Waals surface area contributed by atoms with Crippen molar-refractivity contribution in [1.82, 2.24) is 15.6 Å². The van der Waals surface area contributed by atoms with Crippen LogP contribution in [-0.4, -0.2) is 33.1 Å². The molecule has 0 aliphatic rings. The highest BCUT2D eigenvalue weighted by molar-refractivity contribution is 7.15. The Hall–Kier alpha value is -3.21. The molecule has 2 rings (SSSR count). The molecule has 1 aromatic heterocycles. The van der Waals surface area contributed by atoms with Crippen molar-refractivity contribution in [1.29, 1.82) is 0 Å². The number of anilines is 1. The highest BCUT2D eigenvalue weighted by Crippen LogP contribution is 2.20. The largest absolute Gasteiger partial charge is 0.300 e. The Morgan fingerprint density at radius 2 is 1.93 bits per heavy atom. The number of amides is 2. The highest BCUT2D eigenvalue weighted by atomic mass is 32.1. The van der Waals surface area contributed by atoms with E-state index in [1.165, 1.54) is 30.5 Å². The number of nitro benzene ring substituents is 1. The number of nitrogens with one attached hydrogen (secondary N) is 2. The van der Waals surface area contributed by atoms with E-state index in [-0.39, 0.29) is 18.0 Å². The van der Waals surface area contributed by atoms with E-state index in [1.807, 2.05) is 0 Å². The summed E-state index contributed by atoms with van der Waals surface area (Å²) in [4.78, 5) is 33.8. The summed E-state index contributed by atoms with van der Waals surface area (Å²) in [7, 11) is 0. The van der Waals surface area contributed by atoms with Crippen LogP contribution in [0, 0.1) is 15.5 Å². The van der Waals surface area contributed by atoms with Gasteiger partial charge in [0.1, 0.15) is 5.01 Å². The van der Waals surface area contributed by atoms with Crippen LogP contribution in [0.4, 0.5) is 10.8 Å². The van der Waals surface area contributed by atoms with Crippen LogP contribution < -0.4 is 10.7 Å². The predicted molar refractivity (Wildman–Crippen MR) is 101 cm³/mol. The molecule has 0 unspecified atom stereocenters. The Morgan fingerprint density at radius 1 is 1.26 bits per heavy atom. The standard InChI is InChI=1S/C16H18N6O4S/c1-16(2,3)14(24)18-15-21-20-13(27-15)8-12(23)19-17-9-10-4-6-11(7-5-10)22(25)26/h4-7,9H,8H2,1-3H3,(H,19,23)(H,18,21,24)/b17-9-. The van der Waals surface area contributed by atoms with Gasteiger partial charge < -0.3 is 5.32 Å². The molecule has 27 heavy (non-hydrogen) atoms. The molecule has 11 heteroatoms. The van der Waals surface area contributed by atoms with Gasteiger partial charge >= 0.3 is 0 Å². The number of carbonyl (C=O) groups is 2. The maximum Gasteiger partial charge on any atom is 0.269 e. The van der Waals surface area contributed by atoms with Gasteiger partial charge in [-0.3, -0.25) is 19.7 Å². The number of non-ortho nitro benzene ring substituents is 1. The fourth-order valence-corrected chi connectivity index (χ4v) is 2.43. The van der Waals surface area contributed by atoms with Gasteiger partial charge in [0.25, 0.3) is 5.69 Å². The summed E-state index contributed by atoms with van der Waals surface area (Å²) in [5.41, 5.74) is 2.35. The number of hydrogen-bond acceptors (Lipinski definition) is 8. The molecule has 2 N–H and O–H groups in total. The molecule has 142 valence electrons. The second kappa shape index (κ2) is 8.45. The zero-order valence-corrected chi connectivity index (χ0v) is 15.7. The molecule has 0 aliphatic carbocycles. The van der Waals surface area contributed by atoms with E-state index in [0.29, 0.717) is 15.7 Å². The Balaban J connectivity index is 1.85. The van der Waals surface area contributed by atoms with Crippen LogP contribution in [0.15, 0.2) is 29.4 Å². The second-order valence-corrected chi connectivity index (χ2v) is 7.59. The van der Waals surface area contributed by atoms with Gasteiger partial charge in [-0.05, 0) is 17.7 Å². The quantitative estimate of drug-likeness (QED) is 0.440. The Bertz CT molecular complexity index is 870. The van der Waals surface area contributed by atoms with Gasteiger partial charge in [0.2, 0.25) is 16.9 Å². The van der Waals surface area contributed by atoms with Crippen molar-refractivity contribution in [3.05, 3.63) is 45.0 Å². The number of benzene rings is 1. The number of rotatable bonds is 6. The molecular formula is C16H18N6O4S. The van der Waals surface area contributed by atoms with E-state index in [1.54, 1.807) is 20.8 Å². The number of hydrazone groups is 1. The van der Waals surface area contributed by atoms with Crippen LogP contribution in [0.5, 0.6) is 0 Å².